The summed E-state index contributed by atoms with van der Waals surface area (Å²) in [4.78, 5) is 0. The van der Waals surface area contributed by atoms with Crippen molar-refractivity contribution in [1.82, 2.24) is 0 Å². The molecule has 2 nitrogen and oxygen atoms in total. The minimum atomic E-state index is -4.33. The van der Waals surface area contributed by atoms with Crippen molar-refractivity contribution in [2.75, 3.05) is 6.54 Å². The zero-order valence-corrected chi connectivity index (χ0v) is 8.92. The molecule has 16 heavy (non-hydrogen) atoms. The molecule has 0 bridgehead atoms. The number of nitrogens with two attached hydrogens (primary N) is 1. The molecule has 2 N–H and O–H groups in total. The van der Waals surface area contributed by atoms with E-state index in [1.165, 1.54) is 6.07 Å². The summed E-state index contributed by atoms with van der Waals surface area (Å²) in [7, 11) is 0. The van der Waals surface area contributed by atoms with E-state index in [4.69, 9.17) is 10.2 Å². The first-order valence-electron chi connectivity index (χ1n) is 5.30. The monoisotopic (exact) mass is 233 g/mol. The number of hydrogen-bond donors (Lipinski definition) is 1. The van der Waals surface area contributed by atoms with Crippen LogP contribution in [0.4, 0.5) is 13.2 Å². The lowest BCUT2D eigenvalue weighted by atomic mass is 10.1. The summed E-state index contributed by atoms with van der Waals surface area (Å²) >= 11 is 0. The second kappa shape index (κ2) is 3.80. The average Bonchev–Trinajstić information content (AvgIpc) is 2.72. The van der Waals surface area contributed by atoms with Gasteiger partial charge in [-0.2, -0.15) is 13.2 Å². The molecule has 1 aromatic heterocycles. The molecule has 1 aliphatic rings. The van der Waals surface area contributed by atoms with Gasteiger partial charge in [-0.05, 0) is 24.5 Å². The Morgan fingerprint density at radius 3 is 2.56 bits per heavy atom. The Hall–Kier alpha value is -0.970. The van der Waals surface area contributed by atoms with Gasteiger partial charge in [0.25, 0.3) is 0 Å². The normalized spacial score (nSPS) is 26.8. The van der Waals surface area contributed by atoms with E-state index in [1.807, 2.05) is 0 Å². The van der Waals surface area contributed by atoms with Crippen LogP contribution in [0.15, 0.2) is 16.5 Å². The summed E-state index contributed by atoms with van der Waals surface area (Å²) < 4.78 is 43.0. The summed E-state index contributed by atoms with van der Waals surface area (Å²) in [6.07, 6.45) is -3.34. The van der Waals surface area contributed by atoms with Gasteiger partial charge in [0.05, 0.1) is 0 Å². The third-order valence-electron chi connectivity index (χ3n) is 3.10. The molecule has 1 aliphatic carbocycles. The predicted octanol–water partition coefficient (Wildman–Crippen LogP) is 3.01. The summed E-state index contributed by atoms with van der Waals surface area (Å²) in [5.41, 5.74) is 5.14. The third-order valence-corrected chi connectivity index (χ3v) is 3.10. The second-order valence-electron chi connectivity index (χ2n) is 4.39. The van der Waals surface area contributed by atoms with Crippen LogP contribution in [0.25, 0.3) is 0 Å². The molecule has 0 radical (unpaired) electrons. The molecular formula is C11H14F3NO. The standard InChI is InChI=1S/C11H14F3NO/c1-6-4-7(6)9-2-3-10(16-9)8(5-15)11(12,13)14/h2-3,6-8H,4-5,15H2,1H3. The van der Waals surface area contributed by atoms with Crippen molar-refractivity contribution in [3.63, 3.8) is 0 Å². The number of furan rings is 1. The van der Waals surface area contributed by atoms with Crippen molar-refractivity contribution in [2.45, 2.75) is 31.4 Å². The van der Waals surface area contributed by atoms with Crippen LogP contribution in [0.5, 0.6) is 0 Å². The zero-order chi connectivity index (χ0) is 11.9. The van der Waals surface area contributed by atoms with E-state index in [0.717, 1.165) is 6.42 Å². The van der Waals surface area contributed by atoms with Crippen LogP contribution in [-0.2, 0) is 0 Å². The molecule has 1 aromatic rings. The van der Waals surface area contributed by atoms with Crippen molar-refractivity contribution in [2.24, 2.45) is 11.7 Å². The van der Waals surface area contributed by atoms with Gasteiger partial charge in [0.2, 0.25) is 0 Å². The van der Waals surface area contributed by atoms with E-state index >= 15 is 0 Å². The predicted molar refractivity (Wildman–Crippen MR) is 53.1 cm³/mol. The summed E-state index contributed by atoms with van der Waals surface area (Å²) in [6.45, 7) is 1.58. The van der Waals surface area contributed by atoms with Gasteiger partial charge in [-0.15, -0.1) is 0 Å². The Bertz CT molecular complexity index is 372. The van der Waals surface area contributed by atoms with Crippen LogP contribution >= 0.6 is 0 Å². The van der Waals surface area contributed by atoms with E-state index in [9.17, 15) is 13.2 Å². The molecule has 0 spiro atoms. The quantitative estimate of drug-likeness (QED) is 0.871. The van der Waals surface area contributed by atoms with E-state index in [2.05, 4.69) is 6.92 Å². The van der Waals surface area contributed by atoms with E-state index in [1.54, 1.807) is 6.07 Å². The maximum Gasteiger partial charge on any atom is 0.399 e. The van der Waals surface area contributed by atoms with Gasteiger partial charge in [0, 0.05) is 12.5 Å². The first-order chi connectivity index (χ1) is 7.43. The highest BCUT2D eigenvalue weighted by atomic mass is 19.4. The average molecular weight is 233 g/mol. The Morgan fingerprint density at radius 2 is 2.12 bits per heavy atom. The Labute approximate surface area is 91.6 Å². The molecule has 0 saturated heterocycles. The second-order valence-corrected chi connectivity index (χ2v) is 4.39. The molecule has 0 aromatic carbocycles. The fourth-order valence-electron chi connectivity index (χ4n) is 1.88. The van der Waals surface area contributed by atoms with E-state index in [0.29, 0.717) is 17.6 Å². The van der Waals surface area contributed by atoms with Crippen molar-refractivity contribution in [3.05, 3.63) is 23.7 Å². The molecule has 1 fully saturated rings. The highest BCUT2D eigenvalue weighted by Gasteiger charge is 2.43. The largest absolute Gasteiger partial charge is 0.465 e. The summed E-state index contributed by atoms with van der Waals surface area (Å²) in [5, 5.41) is 0. The minimum absolute atomic E-state index is 0.0656. The highest BCUT2D eigenvalue weighted by molar-refractivity contribution is 5.20. The first-order valence-corrected chi connectivity index (χ1v) is 5.30. The maximum absolute atomic E-state index is 12.6. The lowest BCUT2D eigenvalue weighted by Crippen LogP contribution is -2.27. The van der Waals surface area contributed by atoms with Crippen LogP contribution in [0.3, 0.4) is 0 Å². The van der Waals surface area contributed by atoms with Gasteiger partial charge >= 0.3 is 6.18 Å². The van der Waals surface area contributed by atoms with Crippen LogP contribution in [0.1, 0.15) is 36.7 Å². The smallest absolute Gasteiger partial charge is 0.399 e. The highest BCUT2D eigenvalue weighted by Crippen LogP contribution is 2.48. The number of hydrogen-bond acceptors (Lipinski definition) is 2. The van der Waals surface area contributed by atoms with E-state index < -0.39 is 18.6 Å². The lowest BCUT2D eigenvalue weighted by molar-refractivity contribution is -0.151. The molecule has 0 amide bonds. The summed E-state index contributed by atoms with van der Waals surface area (Å²) in [6, 6.07) is 3.03. The Kier molecular flexibility index (Phi) is 2.74. The van der Waals surface area contributed by atoms with Crippen molar-refractivity contribution >= 4 is 0 Å². The molecule has 3 unspecified atom stereocenters. The molecule has 90 valence electrons. The summed E-state index contributed by atoms with van der Waals surface area (Å²) in [5.74, 6) is -0.286. The van der Waals surface area contributed by atoms with Crippen LogP contribution in [-0.4, -0.2) is 12.7 Å². The molecule has 2 rings (SSSR count). The van der Waals surface area contributed by atoms with Crippen molar-refractivity contribution < 1.29 is 17.6 Å². The third kappa shape index (κ3) is 2.09. The molecule has 1 saturated carbocycles. The van der Waals surface area contributed by atoms with Gasteiger partial charge in [-0.3, -0.25) is 0 Å². The topological polar surface area (TPSA) is 39.2 Å². The number of rotatable bonds is 3. The van der Waals surface area contributed by atoms with Gasteiger partial charge in [0.15, 0.2) is 0 Å². The number of halogens is 3. The fraction of sp³-hybridized carbons (Fsp3) is 0.636. The van der Waals surface area contributed by atoms with Gasteiger partial charge in [0.1, 0.15) is 17.4 Å². The van der Waals surface area contributed by atoms with Crippen LogP contribution in [0, 0.1) is 5.92 Å². The maximum atomic E-state index is 12.6. The van der Waals surface area contributed by atoms with Crippen LogP contribution < -0.4 is 5.73 Å². The molecule has 3 atom stereocenters. The molecule has 5 heteroatoms. The van der Waals surface area contributed by atoms with Crippen LogP contribution in [0.2, 0.25) is 0 Å². The Morgan fingerprint density at radius 1 is 1.50 bits per heavy atom. The SMILES string of the molecule is CC1CC1c1ccc(C(CN)C(F)(F)F)o1. The fourth-order valence-corrected chi connectivity index (χ4v) is 1.88. The minimum Gasteiger partial charge on any atom is -0.465 e. The Balaban J connectivity index is 2.17. The molecular weight excluding hydrogens is 219 g/mol. The zero-order valence-electron chi connectivity index (χ0n) is 8.92. The van der Waals surface area contributed by atoms with Gasteiger partial charge < -0.3 is 10.2 Å². The van der Waals surface area contributed by atoms with Crippen molar-refractivity contribution in [3.8, 4) is 0 Å². The molecule has 1 heterocycles. The van der Waals surface area contributed by atoms with Crippen molar-refractivity contribution in [1.29, 1.82) is 0 Å². The number of alkyl halides is 3. The first kappa shape index (κ1) is 11.5. The van der Waals surface area contributed by atoms with E-state index in [-0.39, 0.29) is 5.76 Å². The van der Waals surface area contributed by atoms with Gasteiger partial charge in [-0.1, -0.05) is 6.92 Å². The lowest BCUT2D eigenvalue weighted by Gasteiger charge is -2.15. The van der Waals surface area contributed by atoms with Gasteiger partial charge in [-0.25, -0.2) is 0 Å². The molecule has 0 aliphatic heterocycles.